The first-order chi connectivity index (χ1) is 8.22. The molecule has 0 saturated carbocycles. The lowest BCUT2D eigenvalue weighted by molar-refractivity contribution is -0.137. The Kier molecular flexibility index (Phi) is 6.10. The average Bonchev–Trinajstić information content (AvgIpc) is 2.34. The van der Waals surface area contributed by atoms with Crippen molar-refractivity contribution in [3.63, 3.8) is 0 Å². The van der Waals surface area contributed by atoms with Crippen molar-refractivity contribution in [1.82, 2.24) is 0 Å². The number of hydrogen-bond donors (Lipinski definition) is 1. The summed E-state index contributed by atoms with van der Waals surface area (Å²) in [6, 6.07) is 7.69. The quantitative estimate of drug-likeness (QED) is 0.707. The molecular formula is C13H18O4. The molecule has 1 aromatic carbocycles. The third-order valence-electron chi connectivity index (χ3n) is 2.36. The molecule has 0 radical (unpaired) electrons. The monoisotopic (exact) mass is 238 g/mol. The molecule has 94 valence electrons. The van der Waals surface area contributed by atoms with E-state index in [1.807, 2.05) is 24.3 Å². The van der Waals surface area contributed by atoms with E-state index in [0.717, 1.165) is 17.7 Å². The number of carbonyl (C=O) groups is 1. The molecule has 4 nitrogen and oxygen atoms in total. The largest absolute Gasteiger partial charge is 0.497 e. The molecule has 0 amide bonds. The molecule has 1 rings (SSSR count). The van der Waals surface area contributed by atoms with Gasteiger partial charge in [0.05, 0.1) is 13.7 Å². The number of rotatable bonds is 8. The smallest absolute Gasteiger partial charge is 0.303 e. The molecule has 0 saturated heterocycles. The van der Waals surface area contributed by atoms with Crippen molar-refractivity contribution < 1.29 is 19.4 Å². The molecule has 0 fully saturated rings. The van der Waals surface area contributed by atoms with E-state index < -0.39 is 5.97 Å². The van der Waals surface area contributed by atoms with Crippen molar-refractivity contribution in [2.75, 3.05) is 13.7 Å². The topological polar surface area (TPSA) is 55.8 Å². The van der Waals surface area contributed by atoms with Gasteiger partial charge in [-0.2, -0.15) is 0 Å². The zero-order valence-corrected chi connectivity index (χ0v) is 10.0. The Balaban J connectivity index is 2.11. The molecule has 0 spiro atoms. The van der Waals surface area contributed by atoms with E-state index in [1.54, 1.807) is 7.11 Å². The summed E-state index contributed by atoms with van der Waals surface area (Å²) in [5.41, 5.74) is 1.09. The van der Waals surface area contributed by atoms with Crippen molar-refractivity contribution in [3.05, 3.63) is 29.8 Å². The van der Waals surface area contributed by atoms with Crippen LogP contribution in [0.1, 0.15) is 24.8 Å². The zero-order chi connectivity index (χ0) is 12.5. The van der Waals surface area contributed by atoms with Gasteiger partial charge in [-0.1, -0.05) is 12.1 Å². The van der Waals surface area contributed by atoms with Crippen molar-refractivity contribution in [1.29, 1.82) is 0 Å². The first-order valence-electron chi connectivity index (χ1n) is 5.65. The molecular weight excluding hydrogens is 220 g/mol. The number of hydrogen-bond acceptors (Lipinski definition) is 3. The van der Waals surface area contributed by atoms with Gasteiger partial charge in [-0.25, -0.2) is 0 Å². The molecule has 0 bridgehead atoms. The molecule has 4 heteroatoms. The van der Waals surface area contributed by atoms with E-state index in [1.165, 1.54) is 0 Å². The highest BCUT2D eigenvalue weighted by molar-refractivity contribution is 5.66. The Morgan fingerprint density at radius 3 is 2.53 bits per heavy atom. The molecule has 0 aliphatic rings. The van der Waals surface area contributed by atoms with Gasteiger partial charge in [0.2, 0.25) is 0 Å². The summed E-state index contributed by atoms with van der Waals surface area (Å²) in [5, 5.41) is 8.44. The number of methoxy groups -OCH3 is 1. The Morgan fingerprint density at radius 2 is 1.94 bits per heavy atom. The van der Waals surface area contributed by atoms with Gasteiger partial charge in [0, 0.05) is 13.0 Å². The minimum Gasteiger partial charge on any atom is -0.497 e. The highest BCUT2D eigenvalue weighted by atomic mass is 16.5. The van der Waals surface area contributed by atoms with Crippen LogP contribution in [0.2, 0.25) is 0 Å². The van der Waals surface area contributed by atoms with Crippen molar-refractivity contribution in [2.45, 2.75) is 25.9 Å². The fourth-order valence-corrected chi connectivity index (χ4v) is 1.39. The Labute approximate surface area is 101 Å². The van der Waals surface area contributed by atoms with E-state index in [0.29, 0.717) is 19.6 Å². The zero-order valence-electron chi connectivity index (χ0n) is 10.0. The van der Waals surface area contributed by atoms with Crippen LogP contribution in [-0.2, 0) is 16.1 Å². The van der Waals surface area contributed by atoms with E-state index in [4.69, 9.17) is 14.6 Å². The fraction of sp³-hybridized carbons (Fsp3) is 0.462. The van der Waals surface area contributed by atoms with Crippen LogP contribution in [0.25, 0.3) is 0 Å². The molecule has 0 unspecified atom stereocenters. The van der Waals surface area contributed by atoms with Gasteiger partial charge in [-0.05, 0) is 30.5 Å². The summed E-state index contributed by atoms with van der Waals surface area (Å²) in [6.45, 7) is 1.15. The minimum absolute atomic E-state index is 0.214. The van der Waals surface area contributed by atoms with Crippen LogP contribution in [0.5, 0.6) is 5.75 Å². The lowest BCUT2D eigenvalue weighted by Gasteiger charge is -2.05. The molecule has 0 aliphatic heterocycles. The summed E-state index contributed by atoms with van der Waals surface area (Å²) < 4.78 is 10.5. The van der Waals surface area contributed by atoms with Crippen LogP contribution in [0.15, 0.2) is 24.3 Å². The SMILES string of the molecule is COc1ccc(COCCCCC(=O)O)cc1. The molecule has 1 N–H and O–H groups in total. The van der Waals surface area contributed by atoms with Gasteiger partial charge in [-0.3, -0.25) is 4.79 Å². The Morgan fingerprint density at radius 1 is 1.24 bits per heavy atom. The van der Waals surface area contributed by atoms with Crippen molar-refractivity contribution in [3.8, 4) is 5.75 Å². The van der Waals surface area contributed by atoms with Gasteiger partial charge >= 0.3 is 5.97 Å². The molecule has 0 heterocycles. The van der Waals surface area contributed by atoms with Gasteiger partial charge < -0.3 is 14.6 Å². The number of carboxylic acid groups (broad SMARTS) is 1. The minimum atomic E-state index is -0.750. The second-order valence-electron chi connectivity index (χ2n) is 3.75. The van der Waals surface area contributed by atoms with Crippen LogP contribution in [0.3, 0.4) is 0 Å². The maximum Gasteiger partial charge on any atom is 0.303 e. The predicted molar refractivity (Wildman–Crippen MR) is 64.1 cm³/mol. The van der Waals surface area contributed by atoms with Gasteiger partial charge in [-0.15, -0.1) is 0 Å². The number of carboxylic acids is 1. The molecule has 17 heavy (non-hydrogen) atoms. The summed E-state index contributed by atoms with van der Waals surface area (Å²) in [6.07, 6.45) is 1.66. The first kappa shape index (κ1) is 13.5. The van der Waals surface area contributed by atoms with Crippen LogP contribution in [0, 0.1) is 0 Å². The number of aliphatic carboxylic acids is 1. The van der Waals surface area contributed by atoms with E-state index in [2.05, 4.69) is 0 Å². The lowest BCUT2D eigenvalue weighted by atomic mass is 10.2. The van der Waals surface area contributed by atoms with Crippen LogP contribution in [-0.4, -0.2) is 24.8 Å². The molecule has 0 aromatic heterocycles. The number of benzene rings is 1. The second-order valence-corrected chi connectivity index (χ2v) is 3.75. The third kappa shape index (κ3) is 5.92. The van der Waals surface area contributed by atoms with E-state index >= 15 is 0 Å². The van der Waals surface area contributed by atoms with Crippen LogP contribution >= 0.6 is 0 Å². The highest BCUT2D eigenvalue weighted by Crippen LogP contribution is 2.12. The Bertz CT molecular complexity index is 332. The van der Waals surface area contributed by atoms with Crippen molar-refractivity contribution in [2.24, 2.45) is 0 Å². The fourth-order valence-electron chi connectivity index (χ4n) is 1.39. The Hall–Kier alpha value is -1.55. The van der Waals surface area contributed by atoms with Gasteiger partial charge in [0.25, 0.3) is 0 Å². The summed E-state index contributed by atoms with van der Waals surface area (Å²) in [4.78, 5) is 10.3. The lowest BCUT2D eigenvalue weighted by Crippen LogP contribution is -1.98. The first-order valence-corrected chi connectivity index (χ1v) is 5.65. The summed E-state index contributed by atoms with van der Waals surface area (Å²) in [7, 11) is 1.63. The average molecular weight is 238 g/mol. The molecule has 1 aromatic rings. The van der Waals surface area contributed by atoms with Crippen LogP contribution in [0.4, 0.5) is 0 Å². The van der Waals surface area contributed by atoms with Crippen molar-refractivity contribution >= 4 is 5.97 Å². The summed E-state index contributed by atoms with van der Waals surface area (Å²) >= 11 is 0. The van der Waals surface area contributed by atoms with Gasteiger partial charge in [0.15, 0.2) is 0 Å². The van der Waals surface area contributed by atoms with E-state index in [9.17, 15) is 4.79 Å². The van der Waals surface area contributed by atoms with Gasteiger partial charge in [0.1, 0.15) is 5.75 Å². The standard InChI is InChI=1S/C13H18O4/c1-16-12-7-5-11(6-8-12)10-17-9-3-2-4-13(14)15/h5-8H,2-4,9-10H2,1H3,(H,14,15). The van der Waals surface area contributed by atoms with Crippen LogP contribution < -0.4 is 4.74 Å². The number of ether oxygens (including phenoxy) is 2. The normalized spacial score (nSPS) is 10.2. The third-order valence-corrected chi connectivity index (χ3v) is 2.36. The molecule has 0 atom stereocenters. The molecule has 0 aliphatic carbocycles. The summed E-state index contributed by atoms with van der Waals surface area (Å²) in [5.74, 6) is 0.0790. The number of unbranched alkanes of at least 4 members (excludes halogenated alkanes) is 1. The maximum absolute atomic E-state index is 10.3. The predicted octanol–water partition coefficient (Wildman–Crippen LogP) is 2.47. The highest BCUT2D eigenvalue weighted by Gasteiger charge is 1.97. The maximum atomic E-state index is 10.3. The van der Waals surface area contributed by atoms with E-state index in [-0.39, 0.29) is 6.42 Å². The second kappa shape index (κ2) is 7.68.